The monoisotopic (exact) mass is 508 g/mol. The number of nitrogens with one attached hydrogen (secondary N) is 1. The van der Waals surface area contributed by atoms with E-state index >= 15 is 0 Å². The van der Waals surface area contributed by atoms with Crippen LogP contribution in [0.15, 0.2) is 66.9 Å². The van der Waals surface area contributed by atoms with Gasteiger partial charge in [0.1, 0.15) is 6.73 Å². The van der Waals surface area contributed by atoms with E-state index in [9.17, 15) is 4.79 Å². The van der Waals surface area contributed by atoms with Gasteiger partial charge < -0.3 is 10.1 Å². The number of para-hydroxylation sites is 1. The molecule has 1 aliphatic carbocycles. The Hall–Kier alpha value is -3.55. The SMILES string of the molecule is C[Si](C)(C)CCOCn1nc(C=Cc2ccccn2)c2ccc([C@@H]3C[C@@]34C(=O)Nc3ccccc34)cc21. The molecule has 1 saturated carbocycles. The number of aromatic nitrogens is 3. The number of hydrogen-bond donors (Lipinski definition) is 1. The number of ether oxygens (including phenoxy) is 1. The largest absolute Gasteiger partial charge is 0.360 e. The topological polar surface area (TPSA) is 69.0 Å². The fourth-order valence-corrected chi connectivity index (χ4v) is 6.13. The molecule has 2 aliphatic rings. The summed E-state index contributed by atoms with van der Waals surface area (Å²) in [5.41, 5.74) is 5.58. The lowest BCUT2D eigenvalue weighted by molar-refractivity contribution is -0.118. The van der Waals surface area contributed by atoms with Gasteiger partial charge in [-0.2, -0.15) is 5.10 Å². The molecule has 0 radical (unpaired) electrons. The van der Waals surface area contributed by atoms with Crippen LogP contribution in [0.4, 0.5) is 5.69 Å². The van der Waals surface area contributed by atoms with Gasteiger partial charge in [-0.15, -0.1) is 0 Å². The fourth-order valence-electron chi connectivity index (χ4n) is 5.37. The molecule has 1 spiro atoms. The quantitative estimate of drug-likeness (QED) is 0.224. The zero-order chi connectivity index (χ0) is 25.6. The average molecular weight is 509 g/mol. The lowest BCUT2D eigenvalue weighted by atomic mass is 9.92. The minimum atomic E-state index is -1.17. The van der Waals surface area contributed by atoms with Crippen LogP contribution >= 0.6 is 0 Å². The van der Waals surface area contributed by atoms with Crippen LogP contribution in [0.5, 0.6) is 0 Å². The minimum absolute atomic E-state index is 0.112. The summed E-state index contributed by atoms with van der Waals surface area (Å²) in [4.78, 5) is 17.4. The van der Waals surface area contributed by atoms with Crippen molar-refractivity contribution < 1.29 is 9.53 Å². The molecule has 0 bridgehead atoms. The summed E-state index contributed by atoms with van der Waals surface area (Å²) in [5.74, 6) is 0.269. The average Bonchev–Trinajstić information content (AvgIpc) is 3.46. The predicted octanol–water partition coefficient (Wildman–Crippen LogP) is 6.29. The molecule has 1 fully saturated rings. The number of nitrogens with zero attached hydrogens (tertiary/aromatic N) is 3. The molecule has 2 aromatic carbocycles. The molecular formula is C30H32N4O2Si. The van der Waals surface area contributed by atoms with E-state index in [2.05, 4.69) is 54.2 Å². The summed E-state index contributed by atoms with van der Waals surface area (Å²) in [6, 6.07) is 21.6. The van der Waals surface area contributed by atoms with Crippen molar-refractivity contribution in [3.8, 4) is 0 Å². The predicted molar refractivity (Wildman–Crippen MR) is 151 cm³/mol. The molecule has 0 saturated heterocycles. The molecule has 4 aromatic rings. The maximum absolute atomic E-state index is 13.0. The van der Waals surface area contributed by atoms with Crippen LogP contribution in [0.2, 0.25) is 25.7 Å². The van der Waals surface area contributed by atoms with Gasteiger partial charge in [0.25, 0.3) is 0 Å². The van der Waals surface area contributed by atoms with Gasteiger partial charge in [-0.1, -0.05) is 56.0 Å². The van der Waals surface area contributed by atoms with Crippen molar-refractivity contribution in [2.75, 3.05) is 11.9 Å². The zero-order valence-electron chi connectivity index (χ0n) is 21.6. The molecule has 6 rings (SSSR count). The molecule has 1 N–H and O–H groups in total. The Kier molecular flexibility index (Phi) is 5.85. The van der Waals surface area contributed by atoms with Crippen LogP contribution in [-0.2, 0) is 21.7 Å². The molecule has 188 valence electrons. The molecule has 7 heteroatoms. The van der Waals surface area contributed by atoms with Gasteiger partial charge in [-0.3, -0.25) is 9.78 Å². The third-order valence-corrected chi connectivity index (χ3v) is 9.24. The van der Waals surface area contributed by atoms with Gasteiger partial charge in [-0.25, -0.2) is 4.68 Å². The fraction of sp³-hybridized carbons (Fsp3) is 0.300. The third kappa shape index (κ3) is 4.42. The van der Waals surface area contributed by atoms with Crippen molar-refractivity contribution in [3.63, 3.8) is 0 Å². The first-order valence-electron chi connectivity index (χ1n) is 12.9. The van der Waals surface area contributed by atoms with Crippen molar-refractivity contribution in [1.82, 2.24) is 14.8 Å². The number of hydrogen-bond acceptors (Lipinski definition) is 4. The first kappa shape index (κ1) is 23.8. The Balaban J connectivity index is 1.33. The number of rotatable bonds is 8. The van der Waals surface area contributed by atoms with E-state index in [4.69, 9.17) is 9.84 Å². The van der Waals surface area contributed by atoms with Crippen molar-refractivity contribution in [1.29, 1.82) is 0 Å². The minimum Gasteiger partial charge on any atom is -0.360 e. The van der Waals surface area contributed by atoms with E-state index < -0.39 is 13.5 Å². The second-order valence-corrected chi connectivity index (χ2v) is 16.9. The molecule has 1 amide bonds. The number of benzene rings is 2. The first-order chi connectivity index (χ1) is 17.8. The molecule has 1 aliphatic heterocycles. The third-order valence-electron chi connectivity index (χ3n) is 7.54. The molecule has 2 aromatic heterocycles. The molecular weight excluding hydrogens is 476 g/mol. The highest BCUT2D eigenvalue weighted by molar-refractivity contribution is 6.76. The van der Waals surface area contributed by atoms with Crippen molar-refractivity contribution in [2.45, 2.75) is 50.2 Å². The number of pyridine rings is 1. The molecule has 37 heavy (non-hydrogen) atoms. The maximum Gasteiger partial charge on any atom is 0.235 e. The Morgan fingerprint density at radius 1 is 1.11 bits per heavy atom. The zero-order valence-corrected chi connectivity index (χ0v) is 22.6. The van der Waals surface area contributed by atoms with E-state index in [-0.39, 0.29) is 11.8 Å². The van der Waals surface area contributed by atoms with Crippen LogP contribution < -0.4 is 5.32 Å². The van der Waals surface area contributed by atoms with Gasteiger partial charge in [0, 0.05) is 37.9 Å². The van der Waals surface area contributed by atoms with Crippen molar-refractivity contribution >= 4 is 42.7 Å². The maximum atomic E-state index is 13.0. The van der Waals surface area contributed by atoms with Crippen LogP contribution in [-0.4, -0.2) is 35.4 Å². The van der Waals surface area contributed by atoms with Crippen LogP contribution in [0, 0.1) is 0 Å². The standard InChI is InChI=1S/C30H32N4O2Si/c1-37(2,3)17-16-36-20-34-28-18-21(25-19-30(25)24-9-4-5-10-27(24)32-29(30)35)11-13-23(28)26(33-34)14-12-22-8-6-7-15-31-22/h4-15,18,25H,16-17,19-20H2,1-3H3,(H,32,35)/t25-,30-/m0/s1. The normalized spacial score (nSPS) is 20.6. The van der Waals surface area contributed by atoms with Crippen LogP contribution in [0.3, 0.4) is 0 Å². The Labute approximate surface area is 218 Å². The lowest BCUT2D eigenvalue weighted by Crippen LogP contribution is -2.22. The number of amides is 1. The summed E-state index contributed by atoms with van der Waals surface area (Å²) in [7, 11) is -1.17. The van der Waals surface area contributed by atoms with Crippen LogP contribution in [0.1, 0.15) is 34.9 Å². The second-order valence-electron chi connectivity index (χ2n) is 11.3. The summed E-state index contributed by atoms with van der Waals surface area (Å²) in [6.45, 7) is 8.21. The molecule has 3 heterocycles. The van der Waals surface area contributed by atoms with Gasteiger partial charge in [0.15, 0.2) is 0 Å². The van der Waals surface area contributed by atoms with Crippen molar-refractivity contribution in [2.24, 2.45) is 0 Å². The van der Waals surface area contributed by atoms with Gasteiger partial charge in [-0.05, 0) is 60.0 Å². The first-order valence-corrected chi connectivity index (χ1v) is 16.6. The second kappa shape index (κ2) is 9.08. The Bertz CT molecular complexity index is 1510. The molecule has 2 atom stereocenters. The van der Waals surface area contributed by atoms with E-state index in [1.54, 1.807) is 6.20 Å². The number of carbonyl (C=O) groups is 1. The smallest absolute Gasteiger partial charge is 0.235 e. The Morgan fingerprint density at radius 2 is 1.95 bits per heavy atom. The summed E-state index contributed by atoms with van der Waals surface area (Å²) in [5, 5.41) is 9.07. The number of carbonyl (C=O) groups excluding carboxylic acids is 1. The van der Waals surface area contributed by atoms with Crippen molar-refractivity contribution in [3.05, 3.63) is 89.4 Å². The highest BCUT2D eigenvalue weighted by atomic mass is 28.3. The number of fused-ring (bicyclic) bond motifs is 3. The highest BCUT2D eigenvalue weighted by Gasteiger charge is 2.65. The van der Waals surface area contributed by atoms with Gasteiger partial charge in [0.05, 0.1) is 22.3 Å². The molecule has 0 unspecified atom stereocenters. The van der Waals surface area contributed by atoms with Crippen LogP contribution in [0.25, 0.3) is 23.1 Å². The summed E-state index contributed by atoms with van der Waals surface area (Å²) < 4.78 is 8.04. The van der Waals surface area contributed by atoms with Gasteiger partial charge in [0.2, 0.25) is 5.91 Å². The van der Waals surface area contributed by atoms with E-state index in [1.807, 2.05) is 53.2 Å². The van der Waals surface area contributed by atoms with E-state index in [1.165, 1.54) is 5.56 Å². The highest BCUT2D eigenvalue weighted by Crippen LogP contribution is 2.65. The lowest BCUT2D eigenvalue weighted by Gasteiger charge is -2.15. The Morgan fingerprint density at radius 3 is 2.76 bits per heavy atom. The van der Waals surface area contributed by atoms with E-state index in [0.717, 1.165) is 52.6 Å². The number of anilines is 1. The van der Waals surface area contributed by atoms with Gasteiger partial charge >= 0.3 is 0 Å². The van der Waals surface area contributed by atoms with E-state index in [0.29, 0.717) is 6.73 Å². The summed E-state index contributed by atoms with van der Waals surface area (Å²) >= 11 is 0. The summed E-state index contributed by atoms with van der Waals surface area (Å²) in [6.07, 6.45) is 6.62. The molecule has 6 nitrogen and oxygen atoms in total.